The van der Waals surface area contributed by atoms with Crippen LogP contribution in [-0.4, -0.2) is 57.5 Å². The Hall–Kier alpha value is -1.98. The lowest BCUT2D eigenvalue weighted by molar-refractivity contribution is 0.0272. The third kappa shape index (κ3) is 4.24. The van der Waals surface area contributed by atoms with Crippen LogP contribution in [0.3, 0.4) is 0 Å². The van der Waals surface area contributed by atoms with Crippen molar-refractivity contribution in [2.75, 3.05) is 20.9 Å². The van der Waals surface area contributed by atoms with Gasteiger partial charge in [0.05, 0.1) is 12.2 Å². The van der Waals surface area contributed by atoms with Crippen LogP contribution in [0.5, 0.6) is 0 Å². The molecule has 21 heavy (non-hydrogen) atoms. The van der Waals surface area contributed by atoms with E-state index in [2.05, 4.69) is 22.5 Å². The van der Waals surface area contributed by atoms with Gasteiger partial charge in [0.15, 0.2) is 12.2 Å². The van der Waals surface area contributed by atoms with Gasteiger partial charge >= 0.3 is 12.2 Å². The summed E-state index contributed by atoms with van der Waals surface area (Å²) in [5.74, 6) is 5.61. The van der Waals surface area contributed by atoms with E-state index in [1.165, 1.54) is 14.1 Å². The number of carbonyl (C=O) groups is 2. The molecule has 4 atom stereocenters. The van der Waals surface area contributed by atoms with Crippen molar-refractivity contribution in [1.82, 2.24) is 10.6 Å². The molecule has 0 saturated carbocycles. The Labute approximate surface area is 122 Å². The van der Waals surface area contributed by atoms with Crippen molar-refractivity contribution in [3.63, 3.8) is 0 Å². The zero-order valence-corrected chi connectivity index (χ0v) is 11.9. The zero-order chi connectivity index (χ0) is 15.2. The second-order valence-corrected chi connectivity index (χ2v) is 4.58. The monoisotopic (exact) mass is 298 g/mol. The highest BCUT2D eigenvalue weighted by atomic mass is 16.7. The largest absolute Gasteiger partial charge is 0.433 e. The van der Waals surface area contributed by atoms with Crippen molar-refractivity contribution >= 4 is 12.2 Å². The van der Waals surface area contributed by atoms with E-state index in [-0.39, 0.29) is 19.0 Å². The second-order valence-electron chi connectivity index (χ2n) is 4.58. The molecule has 0 aromatic carbocycles. The maximum Gasteiger partial charge on any atom is 0.408 e. The van der Waals surface area contributed by atoms with Gasteiger partial charge < -0.3 is 29.6 Å². The van der Waals surface area contributed by atoms with E-state index in [4.69, 9.17) is 18.9 Å². The van der Waals surface area contributed by atoms with E-state index >= 15 is 0 Å². The van der Waals surface area contributed by atoms with Crippen LogP contribution < -0.4 is 10.6 Å². The molecule has 116 valence electrons. The SMILES string of the molecule is CNC(=O)OC1C#CC(OC(=O)NC)CC2OCOC2C1. The number of carbonyl (C=O) groups excluding carboxylic acids is 2. The maximum atomic E-state index is 11.3. The number of hydrogen-bond donors (Lipinski definition) is 2. The summed E-state index contributed by atoms with van der Waals surface area (Å²) in [5, 5.41) is 4.73. The molecule has 1 fully saturated rings. The molecular formula is C13H18N2O6. The topological polar surface area (TPSA) is 95.1 Å². The maximum absolute atomic E-state index is 11.3. The van der Waals surface area contributed by atoms with E-state index in [0.29, 0.717) is 12.8 Å². The molecule has 8 heteroatoms. The van der Waals surface area contributed by atoms with Crippen LogP contribution in [0, 0.1) is 11.8 Å². The van der Waals surface area contributed by atoms with Crippen molar-refractivity contribution in [3.05, 3.63) is 0 Å². The Balaban J connectivity index is 2.09. The predicted molar refractivity (Wildman–Crippen MR) is 70.3 cm³/mol. The highest BCUT2D eigenvalue weighted by molar-refractivity contribution is 5.67. The first kappa shape index (κ1) is 15.4. The molecule has 2 aliphatic rings. The average Bonchev–Trinajstić information content (AvgIpc) is 2.88. The van der Waals surface area contributed by atoms with Gasteiger partial charge in [0.2, 0.25) is 0 Å². The summed E-state index contributed by atoms with van der Waals surface area (Å²) in [5.41, 5.74) is 0. The molecule has 2 amide bonds. The van der Waals surface area contributed by atoms with Crippen LogP contribution in [-0.2, 0) is 18.9 Å². The number of rotatable bonds is 2. The highest BCUT2D eigenvalue weighted by Crippen LogP contribution is 2.25. The van der Waals surface area contributed by atoms with Gasteiger partial charge in [0, 0.05) is 26.9 Å². The molecule has 0 aromatic heterocycles. The molecule has 0 bridgehead atoms. The lowest BCUT2D eigenvalue weighted by Gasteiger charge is -2.24. The van der Waals surface area contributed by atoms with Gasteiger partial charge in [-0.3, -0.25) is 0 Å². The molecule has 0 spiro atoms. The van der Waals surface area contributed by atoms with Crippen LogP contribution in [0.15, 0.2) is 0 Å². The van der Waals surface area contributed by atoms with Crippen molar-refractivity contribution in [2.45, 2.75) is 37.3 Å². The Bertz CT molecular complexity index is 419. The van der Waals surface area contributed by atoms with Gasteiger partial charge in [0.1, 0.15) is 6.79 Å². The van der Waals surface area contributed by atoms with Crippen molar-refractivity contribution < 1.29 is 28.5 Å². The van der Waals surface area contributed by atoms with Crippen molar-refractivity contribution in [2.24, 2.45) is 0 Å². The van der Waals surface area contributed by atoms with Crippen molar-refractivity contribution in [1.29, 1.82) is 0 Å². The Kier molecular flexibility index (Phi) is 5.25. The lowest BCUT2D eigenvalue weighted by Crippen LogP contribution is -2.37. The zero-order valence-electron chi connectivity index (χ0n) is 11.9. The normalized spacial score (nSPS) is 30.8. The van der Waals surface area contributed by atoms with Crippen LogP contribution in [0.4, 0.5) is 9.59 Å². The van der Waals surface area contributed by atoms with Gasteiger partial charge in [-0.15, -0.1) is 0 Å². The standard InChI is InChI=1S/C13H18N2O6/c1-14-12(16)20-8-3-4-9(21-13(17)15-2)6-11-10(5-8)18-7-19-11/h8-11H,5-7H2,1-2H3,(H,14,16)(H,15,17). The van der Waals surface area contributed by atoms with Gasteiger partial charge in [0.25, 0.3) is 0 Å². The van der Waals surface area contributed by atoms with E-state index in [1.807, 2.05) is 0 Å². The van der Waals surface area contributed by atoms with E-state index in [1.54, 1.807) is 0 Å². The summed E-state index contributed by atoms with van der Waals surface area (Å²) in [6, 6.07) is 0. The third-order valence-corrected chi connectivity index (χ3v) is 3.18. The second kappa shape index (κ2) is 7.15. The molecule has 4 unspecified atom stereocenters. The molecule has 1 heterocycles. The molecule has 2 N–H and O–H groups in total. The molecule has 8 nitrogen and oxygen atoms in total. The number of ether oxygens (including phenoxy) is 4. The van der Waals surface area contributed by atoms with Crippen molar-refractivity contribution in [3.8, 4) is 11.8 Å². The summed E-state index contributed by atoms with van der Waals surface area (Å²) < 4.78 is 21.2. The molecule has 1 saturated heterocycles. The minimum atomic E-state index is -0.643. The first-order chi connectivity index (χ1) is 10.1. The molecule has 2 rings (SSSR count). The minimum Gasteiger partial charge on any atom is -0.433 e. The molecular weight excluding hydrogens is 280 g/mol. The summed E-state index contributed by atoms with van der Waals surface area (Å²) in [6.07, 6.45) is -2.10. The Morgan fingerprint density at radius 3 is 1.76 bits per heavy atom. The summed E-state index contributed by atoms with van der Waals surface area (Å²) >= 11 is 0. The van der Waals surface area contributed by atoms with Crippen LogP contribution >= 0.6 is 0 Å². The first-order valence-electron chi connectivity index (χ1n) is 6.63. The Morgan fingerprint density at radius 2 is 1.38 bits per heavy atom. The highest BCUT2D eigenvalue weighted by Gasteiger charge is 2.36. The fourth-order valence-electron chi connectivity index (χ4n) is 2.13. The minimum absolute atomic E-state index is 0.161. The quantitative estimate of drug-likeness (QED) is 0.695. The van der Waals surface area contributed by atoms with E-state index in [0.717, 1.165) is 0 Å². The van der Waals surface area contributed by atoms with Crippen LogP contribution in [0.1, 0.15) is 12.8 Å². The average molecular weight is 298 g/mol. The summed E-state index contributed by atoms with van der Waals surface area (Å²) in [7, 11) is 2.93. The molecule has 1 aliphatic carbocycles. The molecule has 0 aromatic rings. The Morgan fingerprint density at radius 1 is 0.952 bits per heavy atom. The number of amides is 2. The fraction of sp³-hybridized carbons (Fsp3) is 0.692. The number of alkyl carbamates (subject to hydrolysis) is 2. The summed E-state index contributed by atoms with van der Waals surface area (Å²) in [6.45, 7) is 0.161. The fourth-order valence-corrected chi connectivity index (χ4v) is 2.13. The summed E-state index contributed by atoms with van der Waals surface area (Å²) in [4.78, 5) is 22.6. The number of nitrogens with one attached hydrogen (secondary N) is 2. The number of hydrogen-bond acceptors (Lipinski definition) is 6. The van der Waals surface area contributed by atoms with Gasteiger partial charge in [-0.1, -0.05) is 11.8 Å². The lowest BCUT2D eigenvalue weighted by atomic mass is 9.98. The number of fused-ring (bicyclic) bond motifs is 1. The van der Waals surface area contributed by atoms with Crippen LogP contribution in [0.2, 0.25) is 0 Å². The molecule has 0 radical (unpaired) electrons. The van der Waals surface area contributed by atoms with Gasteiger partial charge in [-0.2, -0.15) is 0 Å². The predicted octanol–water partition coefficient (Wildman–Crippen LogP) is -0.0257. The van der Waals surface area contributed by atoms with E-state index < -0.39 is 24.4 Å². The first-order valence-corrected chi connectivity index (χ1v) is 6.63. The van der Waals surface area contributed by atoms with Crippen LogP contribution in [0.25, 0.3) is 0 Å². The van der Waals surface area contributed by atoms with Gasteiger partial charge in [-0.05, 0) is 0 Å². The third-order valence-electron chi connectivity index (χ3n) is 3.18. The van der Waals surface area contributed by atoms with Gasteiger partial charge in [-0.25, -0.2) is 9.59 Å². The molecule has 1 aliphatic heterocycles. The smallest absolute Gasteiger partial charge is 0.408 e. The van der Waals surface area contributed by atoms with E-state index in [9.17, 15) is 9.59 Å².